The van der Waals surface area contributed by atoms with Gasteiger partial charge in [0.2, 0.25) is 5.91 Å². The molecule has 6 heteroatoms. The highest BCUT2D eigenvalue weighted by molar-refractivity contribution is 7.99. The second-order valence-electron chi connectivity index (χ2n) is 5.65. The zero-order valence-corrected chi connectivity index (χ0v) is 15.9. The van der Waals surface area contributed by atoms with Crippen molar-refractivity contribution in [3.8, 4) is 11.5 Å². The normalized spacial score (nSPS) is 14.0. The van der Waals surface area contributed by atoms with Gasteiger partial charge in [-0.25, -0.2) is 0 Å². The fourth-order valence-electron chi connectivity index (χ4n) is 2.38. The Hall–Kier alpha value is -1.79. The lowest BCUT2D eigenvalue weighted by atomic mass is 10.2. The number of rotatable bonds is 6. The van der Waals surface area contributed by atoms with E-state index in [-0.39, 0.29) is 11.2 Å². The predicted octanol–water partition coefficient (Wildman–Crippen LogP) is 4.44. The molecule has 0 saturated carbocycles. The zero-order chi connectivity index (χ0) is 17.6. The number of hydrogen-bond donors (Lipinski definition) is 1. The second kappa shape index (κ2) is 8.54. The topological polar surface area (TPSA) is 47.6 Å². The van der Waals surface area contributed by atoms with Crippen molar-refractivity contribution in [3.63, 3.8) is 0 Å². The van der Waals surface area contributed by atoms with Crippen LogP contribution in [0, 0.1) is 0 Å². The lowest BCUT2D eigenvalue weighted by Crippen LogP contribution is -2.23. The fourth-order valence-corrected chi connectivity index (χ4v) is 3.64. The van der Waals surface area contributed by atoms with Crippen molar-refractivity contribution in [2.45, 2.75) is 22.8 Å². The van der Waals surface area contributed by atoms with Gasteiger partial charge in [-0.1, -0.05) is 12.1 Å². The number of carbonyl (C=O) groups excluding carboxylic acids is 1. The van der Waals surface area contributed by atoms with Crippen molar-refractivity contribution >= 4 is 35.1 Å². The van der Waals surface area contributed by atoms with E-state index in [2.05, 4.69) is 35.8 Å². The number of thioether (sulfide) groups is 2. The molecule has 0 fully saturated rings. The van der Waals surface area contributed by atoms with E-state index in [0.717, 1.165) is 17.2 Å². The molecule has 1 unspecified atom stereocenters. The summed E-state index contributed by atoms with van der Waals surface area (Å²) < 4.78 is 11.0. The first-order chi connectivity index (χ1) is 12.2. The monoisotopic (exact) mass is 375 g/mol. The van der Waals surface area contributed by atoms with Crippen molar-refractivity contribution < 1.29 is 14.3 Å². The molecule has 2 aromatic carbocycles. The van der Waals surface area contributed by atoms with Gasteiger partial charge >= 0.3 is 0 Å². The molecule has 2 aromatic rings. The number of nitrogens with one attached hydrogen (secondary N) is 1. The molecule has 1 heterocycles. The lowest BCUT2D eigenvalue weighted by molar-refractivity contribution is -0.115. The van der Waals surface area contributed by atoms with Gasteiger partial charge in [0.05, 0.1) is 5.25 Å². The standard InChI is InChI=1S/C19H21NO3S2/c1-13(25-12-14-3-6-16(24-2)7-4-14)19(21)20-15-5-8-17-18(11-15)23-10-9-22-17/h3-8,11,13H,9-10,12H2,1-2H3,(H,20,21). The first-order valence-electron chi connectivity index (χ1n) is 8.11. The lowest BCUT2D eigenvalue weighted by Gasteiger charge is -2.19. The number of benzene rings is 2. The Bertz CT molecular complexity index is 734. The Kier molecular flexibility index (Phi) is 6.15. The summed E-state index contributed by atoms with van der Waals surface area (Å²) in [5.41, 5.74) is 1.95. The molecule has 0 aliphatic carbocycles. The number of anilines is 1. The molecule has 1 aliphatic heterocycles. The van der Waals surface area contributed by atoms with E-state index in [1.165, 1.54) is 10.5 Å². The third-order valence-electron chi connectivity index (χ3n) is 3.84. The van der Waals surface area contributed by atoms with Crippen LogP contribution < -0.4 is 14.8 Å². The number of carbonyl (C=O) groups is 1. The van der Waals surface area contributed by atoms with Gasteiger partial charge in [0.15, 0.2) is 11.5 Å². The minimum atomic E-state index is -0.145. The highest BCUT2D eigenvalue weighted by atomic mass is 32.2. The van der Waals surface area contributed by atoms with E-state index in [1.54, 1.807) is 23.5 Å². The van der Waals surface area contributed by atoms with Crippen LogP contribution in [0.15, 0.2) is 47.4 Å². The Balaban J connectivity index is 1.53. The predicted molar refractivity (Wildman–Crippen MR) is 105 cm³/mol. The molecule has 1 atom stereocenters. The van der Waals surface area contributed by atoms with Gasteiger partial charge in [0.25, 0.3) is 0 Å². The van der Waals surface area contributed by atoms with Gasteiger partial charge in [-0.15, -0.1) is 23.5 Å². The van der Waals surface area contributed by atoms with E-state index in [0.29, 0.717) is 19.0 Å². The minimum absolute atomic E-state index is 0.0117. The van der Waals surface area contributed by atoms with E-state index in [4.69, 9.17) is 9.47 Å². The number of hydrogen-bond acceptors (Lipinski definition) is 5. The molecule has 0 saturated heterocycles. The summed E-state index contributed by atoms with van der Waals surface area (Å²) in [6.07, 6.45) is 2.06. The van der Waals surface area contributed by atoms with E-state index in [1.807, 2.05) is 25.1 Å². The van der Waals surface area contributed by atoms with Gasteiger partial charge in [-0.2, -0.15) is 0 Å². The highest BCUT2D eigenvalue weighted by Gasteiger charge is 2.16. The van der Waals surface area contributed by atoms with Crippen LogP contribution in [-0.2, 0) is 10.5 Å². The molecule has 132 valence electrons. The van der Waals surface area contributed by atoms with E-state index >= 15 is 0 Å². The maximum absolute atomic E-state index is 12.4. The van der Waals surface area contributed by atoms with Crippen LogP contribution in [0.25, 0.3) is 0 Å². The molecule has 0 bridgehead atoms. The molecule has 4 nitrogen and oxygen atoms in total. The SMILES string of the molecule is CSc1ccc(CSC(C)C(=O)Nc2ccc3c(c2)OCCO3)cc1. The average Bonchev–Trinajstić information content (AvgIpc) is 2.66. The Labute approximate surface area is 156 Å². The van der Waals surface area contributed by atoms with Gasteiger partial charge < -0.3 is 14.8 Å². The van der Waals surface area contributed by atoms with Crippen LogP contribution >= 0.6 is 23.5 Å². The van der Waals surface area contributed by atoms with Crippen LogP contribution in [0.1, 0.15) is 12.5 Å². The molecule has 0 spiro atoms. The number of fused-ring (bicyclic) bond motifs is 1. The summed E-state index contributed by atoms with van der Waals surface area (Å²) in [6.45, 7) is 3.02. The van der Waals surface area contributed by atoms with Crippen molar-refractivity contribution in [1.29, 1.82) is 0 Å². The molecule has 0 radical (unpaired) electrons. The van der Waals surface area contributed by atoms with E-state index in [9.17, 15) is 4.79 Å². The Morgan fingerprint density at radius 2 is 1.84 bits per heavy atom. The molecule has 0 aromatic heterocycles. The van der Waals surface area contributed by atoms with Crippen LogP contribution in [-0.4, -0.2) is 30.6 Å². The molecule has 1 N–H and O–H groups in total. The highest BCUT2D eigenvalue weighted by Crippen LogP contribution is 2.33. The summed E-state index contributed by atoms with van der Waals surface area (Å²) in [6, 6.07) is 13.9. The van der Waals surface area contributed by atoms with E-state index < -0.39 is 0 Å². The van der Waals surface area contributed by atoms with Gasteiger partial charge in [-0.3, -0.25) is 4.79 Å². The van der Waals surface area contributed by atoms with Crippen molar-refractivity contribution in [1.82, 2.24) is 0 Å². The molecular weight excluding hydrogens is 354 g/mol. The largest absolute Gasteiger partial charge is 0.486 e. The third kappa shape index (κ3) is 4.86. The summed E-state index contributed by atoms with van der Waals surface area (Å²) in [5.74, 6) is 2.20. The summed E-state index contributed by atoms with van der Waals surface area (Å²) in [7, 11) is 0. The zero-order valence-electron chi connectivity index (χ0n) is 14.3. The van der Waals surface area contributed by atoms with Crippen LogP contribution in [0.2, 0.25) is 0 Å². The first-order valence-corrected chi connectivity index (χ1v) is 10.4. The van der Waals surface area contributed by atoms with Gasteiger partial charge in [0, 0.05) is 22.4 Å². The molecule has 1 aliphatic rings. The smallest absolute Gasteiger partial charge is 0.237 e. The first kappa shape index (κ1) is 18.0. The van der Waals surface area contributed by atoms with Gasteiger partial charge in [0.1, 0.15) is 13.2 Å². The average molecular weight is 376 g/mol. The number of amides is 1. The Morgan fingerprint density at radius 3 is 2.56 bits per heavy atom. The van der Waals surface area contributed by atoms with Crippen molar-refractivity contribution in [2.75, 3.05) is 24.8 Å². The second-order valence-corrected chi connectivity index (χ2v) is 7.86. The maximum atomic E-state index is 12.4. The molecule has 3 rings (SSSR count). The van der Waals surface area contributed by atoms with Crippen molar-refractivity contribution in [3.05, 3.63) is 48.0 Å². The molecule has 25 heavy (non-hydrogen) atoms. The summed E-state index contributed by atoms with van der Waals surface area (Å²) in [5, 5.41) is 2.80. The number of ether oxygens (including phenoxy) is 2. The minimum Gasteiger partial charge on any atom is -0.486 e. The summed E-state index contributed by atoms with van der Waals surface area (Å²) in [4.78, 5) is 13.6. The quantitative estimate of drug-likeness (QED) is 0.757. The molecular formula is C19H21NO3S2. The molecule has 1 amide bonds. The van der Waals surface area contributed by atoms with Crippen LogP contribution in [0.3, 0.4) is 0 Å². The Morgan fingerprint density at radius 1 is 1.12 bits per heavy atom. The van der Waals surface area contributed by atoms with Crippen LogP contribution in [0.4, 0.5) is 5.69 Å². The van der Waals surface area contributed by atoms with Crippen LogP contribution in [0.5, 0.6) is 11.5 Å². The fraction of sp³-hybridized carbons (Fsp3) is 0.316. The third-order valence-corrected chi connectivity index (χ3v) is 5.80. The van der Waals surface area contributed by atoms with Gasteiger partial charge in [-0.05, 0) is 43.0 Å². The maximum Gasteiger partial charge on any atom is 0.237 e. The van der Waals surface area contributed by atoms with Crippen molar-refractivity contribution in [2.24, 2.45) is 0 Å². The summed E-state index contributed by atoms with van der Waals surface area (Å²) >= 11 is 3.35.